The molecule has 0 saturated carbocycles. The number of aromatic amines is 1. The summed E-state index contributed by atoms with van der Waals surface area (Å²) in [4.78, 5) is 7.45. The second kappa shape index (κ2) is 5.89. The molecule has 0 fully saturated rings. The van der Waals surface area contributed by atoms with Crippen molar-refractivity contribution in [3.05, 3.63) is 57.0 Å². The van der Waals surface area contributed by atoms with Gasteiger partial charge in [0.15, 0.2) is 0 Å². The second-order valence-corrected chi connectivity index (χ2v) is 6.29. The lowest BCUT2D eigenvalue weighted by Gasteiger charge is -2.17. The van der Waals surface area contributed by atoms with Crippen LogP contribution in [0.1, 0.15) is 24.0 Å². The number of benzene rings is 1. The van der Waals surface area contributed by atoms with Crippen molar-refractivity contribution >= 4 is 38.6 Å². The maximum absolute atomic E-state index is 13.9. The van der Waals surface area contributed by atoms with Crippen LogP contribution in [0.2, 0.25) is 5.02 Å². The zero-order valence-electron chi connectivity index (χ0n) is 12.0. The van der Waals surface area contributed by atoms with Gasteiger partial charge in [-0.15, -0.1) is 0 Å². The molecule has 3 nitrogen and oxygen atoms in total. The first kappa shape index (κ1) is 15.3. The molecule has 1 atom stereocenters. The molecule has 0 radical (unpaired) electrons. The van der Waals surface area contributed by atoms with Gasteiger partial charge in [-0.1, -0.05) is 18.5 Å². The molecule has 0 bridgehead atoms. The van der Waals surface area contributed by atoms with E-state index in [1.165, 1.54) is 6.07 Å². The van der Waals surface area contributed by atoms with Crippen molar-refractivity contribution in [2.24, 2.45) is 0 Å². The summed E-state index contributed by atoms with van der Waals surface area (Å²) in [7, 11) is 1.55. The van der Waals surface area contributed by atoms with Crippen LogP contribution >= 0.6 is 27.5 Å². The number of fused-ring (bicyclic) bond motifs is 1. The third-order valence-corrected chi connectivity index (χ3v) is 4.56. The highest BCUT2D eigenvalue weighted by molar-refractivity contribution is 9.10. The van der Waals surface area contributed by atoms with Crippen LogP contribution < -0.4 is 4.74 Å². The van der Waals surface area contributed by atoms with Gasteiger partial charge in [0.1, 0.15) is 17.2 Å². The van der Waals surface area contributed by atoms with E-state index < -0.39 is 5.82 Å². The Morgan fingerprint density at radius 2 is 2.18 bits per heavy atom. The molecule has 0 amide bonds. The summed E-state index contributed by atoms with van der Waals surface area (Å²) < 4.78 is 20.1. The molecule has 0 aliphatic heterocycles. The van der Waals surface area contributed by atoms with Crippen LogP contribution in [0, 0.1) is 5.82 Å². The molecule has 2 aromatic heterocycles. The van der Waals surface area contributed by atoms with Crippen LogP contribution in [0.4, 0.5) is 4.39 Å². The smallest absolute Gasteiger partial charge is 0.142 e. The van der Waals surface area contributed by atoms with Gasteiger partial charge in [-0.2, -0.15) is 0 Å². The molecule has 3 rings (SSSR count). The van der Waals surface area contributed by atoms with Crippen LogP contribution in [0.5, 0.6) is 5.75 Å². The van der Waals surface area contributed by atoms with Crippen LogP contribution in [0.15, 0.2) is 35.1 Å². The number of nitrogens with one attached hydrogen (secondary N) is 1. The maximum Gasteiger partial charge on any atom is 0.142 e. The number of hydrogen-bond acceptors (Lipinski definition) is 2. The van der Waals surface area contributed by atoms with Crippen LogP contribution in [-0.2, 0) is 0 Å². The molecule has 1 unspecified atom stereocenters. The van der Waals surface area contributed by atoms with Crippen molar-refractivity contribution < 1.29 is 9.13 Å². The van der Waals surface area contributed by atoms with Gasteiger partial charge in [0.25, 0.3) is 0 Å². The van der Waals surface area contributed by atoms with Gasteiger partial charge in [0.05, 0.1) is 12.1 Å². The first-order valence-corrected chi connectivity index (χ1v) is 7.84. The lowest BCUT2D eigenvalue weighted by Crippen LogP contribution is -2.02. The van der Waals surface area contributed by atoms with E-state index in [2.05, 4.69) is 25.9 Å². The number of hydrogen-bond donors (Lipinski definition) is 1. The summed E-state index contributed by atoms with van der Waals surface area (Å²) in [5.41, 5.74) is 2.39. The predicted molar refractivity (Wildman–Crippen MR) is 89.3 cm³/mol. The third kappa shape index (κ3) is 2.48. The van der Waals surface area contributed by atoms with E-state index in [4.69, 9.17) is 16.3 Å². The molecule has 2 heterocycles. The summed E-state index contributed by atoms with van der Waals surface area (Å²) in [6, 6.07) is 4.88. The Hall–Kier alpha value is -1.59. The number of pyridine rings is 1. The average molecular weight is 384 g/mol. The van der Waals surface area contributed by atoms with Gasteiger partial charge in [-0.25, -0.2) is 9.37 Å². The first-order chi connectivity index (χ1) is 10.5. The summed E-state index contributed by atoms with van der Waals surface area (Å²) in [5, 5.41) is 1.05. The first-order valence-electron chi connectivity index (χ1n) is 6.67. The van der Waals surface area contributed by atoms with Crippen molar-refractivity contribution in [3.63, 3.8) is 0 Å². The topological polar surface area (TPSA) is 37.9 Å². The lowest BCUT2D eigenvalue weighted by molar-refractivity contribution is 0.407. The Labute approximate surface area is 140 Å². The minimum absolute atomic E-state index is 0.0872. The predicted octanol–water partition coefficient (Wildman–Crippen LogP) is 5.28. The van der Waals surface area contributed by atoms with Crippen molar-refractivity contribution in [1.29, 1.82) is 0 Å². The summed E-state index contributed by atoms with van der Waals surface area (Å²) >= 11 is 9.60. The number of aromatic nitrogens is 2. The minimum atomic E-state index is -0.455. The Balaban J connectivity index is 2.20. The highest BCUT2D eigenvalue weighted by Gasteiger charge is 2.22. The Morgan fingerprint density at radius 1 is 1.41 bits per heavy atom. The number of halogens is 3. The Morgan fingerprint density at radius 3 is 2.91 bits per heavy atom. The molecule has 114 valence electrons. The normalized spacial score (nSPS) is 12.6. The lowest BCUT2D eigenvalue weighted by atomic mass is 9.92. The van der Waals surface area contributed by atoms with Gasteiger partial charge >= 0.3 is 0 Å². The van der Waals surface area contributed by atoms with E-state index in [0.717, 1.165) is 21.1 Å². The molecule has 0 aliphatic rings. The number of rotatable bonds is 3. The third-order valence-electron chi connectivity index (χ3n) is 3.74. The number of ether oxygens (including phenoxy) is 1. The molecular formula is C16H13BrClFN2O. The van der Waals surface area contributed by atoms with Gasteiger partial charge in [0.2, 0.25) is 0 Å². The standard InChI is InChI=1S/C16H13BrClFN2O/c1-8(14-13(22-2)4-3-12(19)15(14)18)11-7-21-16-10(11)5-9(17)6-20-16/h3-8H,1-2H3,(H,20,21). The van der Waals surface area contributed by atoms with E-state index in [1.54, 1.807) is 19.4 Å². The van der Waals surface area contributed by atoms with E-state index in [-0.39, 0.29) is 10.9 Å². The van der Waals surface area contributed by atoms with Crippen LogP contribution in [0.3, 0.4) is 0 Å². The molecule has 0 spiro atoms. The largest absolute Gasteiger partial charge is 0.496 e. The molecule has 1 N–H and O–H groups in total. The zero-order chi connectivity index (χ0) is 15.9. The molecular weight excluding hydrogens is 371 g/mol. The van der Waals surface area contributed by atoms with Crippen molar-refractivity contribution in [1.82, 2.24) is 9.97 Å². The van der Waals surface area contributed by atoms with E-state index in [0.29, 0.717) is 11.3 Å². The molecule has 1 aromatic carbocycles. The molecule has 22 heavy (non-hydrogen) atoms. The minimum Gasteiger partial charge on any atom is -0.496 e. The van der Waals surface area contributed by atoms with Crippen LogP contribution in [-0.4, -0.2) is 17.1 Å². The van der Waals surface area contributed by atoms with Crippen molar-refractivity contribution in [2.45, 2.75) is 12.8 Å². The maximum atomic E-state index is 13.9. The van der Waals surface area contributed by atoms with Gasteiger partial charge in [-0.3, -0.25) is 0 Å². The van der Waals surface area contributed by atoms with Gasteiger partial charge in [-0.05, 0) is 39.7 Å². The van der Waals surface area contributed by atoms with Crippen molar-refractivity contribution in [2.75, 3.05) is 7.11 Å². The number of nitrogens with zero attached hydrogens (tertiary/aromatic N) is 1. The Bertz CT molecular complexity index is 850. The average Bonchev–Trinajstić information content (AvgIpc) is 2.92. The highest BCUT2D eigenvalue weighted by atomic mass is 79.9. The fourth-order valence-electron chi connectivity index (χ4n) is 2.64. The zero-order valence-corrected chi connectivity index (χ0v) is 14.3. The second-order valence-electron chi connectivity index (χ2n) is 4.99. The fraction of sp³-hybridized carbons (Fsp3) is 0.188. The molecule has 6 heteroatoms. The number of H-pyrrole nitrogens is 1. The van der Waals surface area contributed by atoms with Gasteiger partial charge in [0, 0.05) is 33.7 Å². The summed E-state index contributed by atoms with van der Waals surface area (Å²) in [6.07, 6.45) is 3.60. The monoisotopic (exact) mass is 382 g/mol. The van der Waals surface area contributed by atoms with E-state index >= 15 is 0 Å². The quantitative estimate of drug-likeness (QED) is 0.668. The van der Waals surface area contributed by atoms with Gasteiger partial charge < -0.3 is 9.72 Å². The Kier molecular flexibility index (Phi) is 4.10. The number of methoxy groups -OCH3 is 1. The molecule has 3 aromatic rings. The van der Waals surface area contributed by atoms with Crippen LogP contribution in [0.25, 0.3) is 11.0 Å². The fourth-order valence-corrected chi connectivity index (χ4v) is 3.29. The van der Waals surface area contributed by atoms with Crippen molar-refractivity contribution in [3.8, 4) is 5.75 Å². The van der Waals surface area contributed by atoms with E-state index in [9.17, 15) is 4.39 Å². The molecule has 0 saturated heterocycles. The summed E-state index contributed by atoms with van der Waals surface area (Å²) in [5.74, 6) is -0.0392. The van der Waals surface area contributed by atoms with E-state index in [1.807, 2.05) is 19.2 Å². The molecule has 0 aliphatic carbocycles. The summed E-state index contributed by atoms with van der Waals surface area (Å²) in [6.45, 7) is 1.96. The SMILES string of the molecule is COc1ccc(F)c(Cl)c1C(C)c1c[nH]c2ncc(Br)cc12. The highest BCUT2D eigenvalue weighted by Crippen LogP contribution is 2.40.